The van der Waals surface area contributed by atoms with Gasteiger partial charge in [-0.25, -0.2) is 13.1 Å². The van der Waals surface area contributed by atoms with Crippen molar-refractivity contribution in [3.8, 4) is 0 Å². The number of hydrogen-bond acceptors (Lipinski definition) is 3. The summed E-state index contributed by atoms with van der Waals surface area (Å²) in [5.41, 5.74) is 1.64. The van der Waals surface area contributed by atoms with Crippen LogP contribution in [0, 0.1) is 0 Å². The van der Waals surface area contributed by atoms with E-state index in [-0.39, 0.29) is 23.5 Å². The zero-order valence-electron chi connectivity index (χ0n) is 10.8. The summed E-state index contributed by atoms with van der Waals surface area (Å²) in [6.07, 6.45) is 2.22. The van der Waals surface area contributed by atoms with Gasteiger partial charge in [-0.3, -0.25) is 0 Å². The molecule has 5 nitrogen and oxygen atoms in total. The minimum Gasteiger partial charge on any atom is -0.390 e. The zero-order valence-corrected chi connectivity index (χ0v) is 11.6. The van der Waals surface area contributed by atoms with Crippen LogP contribution < -0.4 is 4.72 Å². The molecule has 1 saturated carbocycles. The summed E-state index contributed by atoms with van der Waals surface area (Å²) in [6.45, 7) is -0.203. The van der Waals surface area contributed by atoms with Crippen LogP contribution in [0.25, 0.3) is 0 Å². The van der Waals surface area contributed by atoms with Crippen LogP contribution >= 0.6 is 0 Å². The molecule has 2 atom stereocenters. The van der Waals surface area contributed by atoms with Gasteiger partial charge < -0.3 is 10.1 Å². The molecule has 3 N–H and O–H groups in total. The first-order valence-corrected chi connectivity index (χ1v) is 7.94. The first-order chi connectivity index (χ1) is 9.60. The highest BCUT2D eigenvalue weighted by Crippen LogP contribution is 2.41. The second kappa shape index (κ2) is 5.05. The molecule has 1 aromatic carbocycles. The fourth-order valence-electron chi connectivity index (χ4n) is 2.33. The molecule has 0 spiro atoms. The number of aromatic nitrogens is 1. The van der Waals surface area contributed by atoms with E-state index < -0.39 is 10.0 Å². The molecule has 2 aromatic rings. The van der Waals surface area contributed by atoms with Gasteiger partial charge in [0, 0.05) is 23.9 Å². The Hall–Kier alpha value is -1.63. The molecule has 1 aliphatic carbocycles. The third kappa shape index (κ3) is 2.63. The van der Waals surface area contributed by atoms with Crippen molar-refractivity contribution in [3.05, 3.63) is 53.9 Å². The fraction of sp³-hybridized carbons (Fsp3) is 0.286. The van der Waals surface area contributed by atoms with Crippen LogP contribution in [0.15, 0.2) is 47.5 Å². The Labute approximate surface area is 117 Å². The predicted octanol–water partition coefficient (Wildman–Crippen LogP) is 1.34. The number of nitrogens with one attached hydrogen (secondary N) is 2. The van der Waals surface area contributed by atoms with Gasteiger partial charge in [-0.05, 0) is 18.1 Å². The van der Waals surface area contributed by atoms with Crippen molar-refractivity contribution < 1.29 is 13.5 Å². The van der Waals surface area contributed by atoms with Gasteiger partial charge in [0.1, 0.15) is 0 Å². The number of aliphatic hydroxyl groups excluding tert-OH is 1. The Morgan fingerprint density at radius 3 is 2.70 bits per heavy atom. The Bertz CT molecular complexity index is 694. The van der Waals surface area contributed by atoms with E-state index >= 15 is 0 Å². The Morgan fingerprint density at radius 1 is 1.30 bits per heavy atom. The average Bonchev–Trinajstić information content (AvgIpc) is 3.02. The fourth-order valence-corrected chi connectivity index (χ4v) is 3.63. The normalized spacial score (nSPS) is 21.9. The topological polar surface area (TPSA) is 82.2 Å². The first-order valence-electron chi connectivity index (χ1n) is 6.45. The molecule has 1 aliphatic rings. The molecule has 0 bridgehead atoms. The highest BCUT2D eigenvalue weighted by atomic mass is 32.2. The Kier molecular flexibility index (Phi) is 3.37. The van der Waals surface area contributed by atoms with E-state index in [2.05, 4.69) is 9.71 Å². The van der Waals surface area contributed by atoms with Gasteiger partial charge in [-0.15, -0.1) is 0 Å². The molecule has 0 aliphatic heterocycles. The number of sulfonamides is 1. The summed E-state index contributed by atoms with van der Waals surface area (Å²) in [5, 5.41) is 8.96. The summed E-state index contributed by atoms with van der Waals surface area (Å²) in [7, 11) is -3.52. The summed E-state index contributed by atoms with van der Waals surface area (Å²) in [5.74, 6) is 0.252. The average molecular weight is 292 g/mol. The molecule has 1 fully saturated rings. The van der Waals surface area contributed by atoms with E-state index in [0.29, 0.717) is 5.69 Å². The van der Waals surface area contributed by atoms with E-state index in [4.69, 9.17) is 5.11 Å². The molecule has 1 aromatic heterocycles. The molecular formula is C14H16N2O3S. The van der Waals surface area contributed by atoms with Crippen LogP contribution in [0.4, 0.5) is 0 Å². The van der Waals surface area contributed by atoms with Gasteiger partial charge in [0.05, 0.1) is 11.5 Å². The van der Waals surface area contributed by atoms with Crippen molar-refractivity contribution in [1.82, 2.24) is 9.71 Å². The summed E-state index contributed by atoms with van der Waals surface area (Å²) < 4.78 is 27.1. The largest absolute Gasteiger partial charge is 0.390 e. The third-order valence-electron chi connectivity index (χ3n) is 3.52. The van der Waals surface area contributed by atoms with Gasteiger partial charge in [-0.1, -0.05) is 30.3 Å². The minimum absolute atomic E-state index is 0.0464. The second-order valence-corrected chi connectivity index (χ2v) is 6.71. The monoisotopic (exact) mass is 292 g/mol. The smallest absolute Gasteiger partial charge is 0.242 e. The summed E-state index contributed by atoms with van der Waals surface area (Å²) in [4.78, 5) is 2.90. The number of hydrogen-bond donors (Lipinski definition) is 3. The molecule has 20 heavy (non-hydrogen) atoms. The molecule has 6 heteroatoms. The Morgan fingerprint density at radius 2 is 2.05 bits per heavy atom. The van der Waals surface area contributed by atoms with Crippen molar-refractivity contribution >= 4 is 10.0 Å². The number of H-pyrrole nitrogens is 1. The lowest BCUT2D eigenvalue weighted by molar-refractivity contribution is 0.277. The third-order valence-corrected chi connectivity index (χ3v) is 4.99. The maximum Gasteiger partial charge on any atom is 0.242 e. The van der Waals surface area contributed by atoms with Crippen LogP contribution in [0.3, 0.4) is 0 Å². The zero-order chi connectivity index (χ0) is 14.2. The van der Waals surface area contributed by atoms with Crippen molar-refractivity contribution in [2.24, 2.45) is 0 Å². The van der Waals surface area contributed by atoms with E-state index in [0.717, 1.165) is 12.0 Å². The quantitative estimate of drug-likeness (QED) is 0.778. The van der Waals surface area contributed by atoms with Gasteiger partial charge in [0.25, 0.3) is 0 Å². The molecule has 3 rings (SSSR count). The van der Waals surface area contributed by atoms with E-state index in [1.54, 1.807) is 0 Å². The van der Waals surface area contributed by atoms with E-state index in [1.165, 1.54) is 12.3 Å². The first kappa shape index (κ1) is 13.4. The van der Waals surface area contributed by atoms with Gasteiger partial charge >= 0.3 is 0 Å². The van der Waals surface area contributed by atoms with Gasteiger partial charge in [-0.2, -0.15) is 0 Å². The lowest BCUT2D eigenvalue weighted by Crippen LogP contribution is -2.26. The number of aromatic amines is 1. The molecule has 0 amide bonds. The number of benzene rings is 1. The highest BCUT2D eigenvalue weighted by Gasteiger charge is 2.41. The van der Waals surface area contributed by atoms with E-state index in [9.17, 15) is 8.42 Å². The maximum atomic E-state index is 12.2. The minimum atomic E-state index is -3.52. The number of rotatable bonds is 5. The van der Waals surface area contributed by atoms with Crippen LogP contribution in [0.1, 0.15) is 23.6 Å². The van der Waals surface area contributed by atoms with Crippen LogP contribution in [-0.2, 0) is 16.6 Å². The Balaban J connectivity index is 1.70. The maximum absolute atomic E-state index is 12.2. The molecular weight excluding hydrogens is 276 g/mol. The van der Waals surface area contributed by atoms with Crippen LogP contribution in [0.2, 0.25) is 0 Å². The van der Waals surface area contributed by atoms with Crippen LogP contribution in [0.5, 0.6) is 0 Å². The van der Waals surface area contributed by atoms with Crippen molar-refractivity contribution in [3.63, 3.8) is 0 Å². The highest BCUT2D eigenvalue weighted by molar-refractivity contribution is 7.89. The molecule has 1 heterocycles. The van der Waals surface area contributed by atoms with Gasteiger partial charge in [0.15, 0.2) is 0 Å². The van der Waals surface area contributed by atoms with E-state index in [1.807, 2.05) is 30.3 Å². The van der Waals surface area contributed by atoms with Crippen molar-refractivity contribution in [1.29, 1.82) is 0 Å². The summed E-state index contributed by atoms with van der Waals surface area (Å²) in [6, 6.07) is 11.3. The molecule has 2 unspecified atom stereocenters. The van der Waals surface area contributed by atoms with Gasteiger partial charge in [0.2, 0.25) is 10.0 Å². The molecule has 0 saturated heterocycles. The SMILES string of the molecule is O=S(=O)(NC1CC1c1ccccc1)c1c[nH]c(CO)c1. The number of aliphatic hydroxyl groups is 1. The molecule has 0 radical (unpaired) electrons. The summed E-state index contributed by atoms with van der Waals surface area (Å²) >= 11 is 0. The lowest BCUT2D eigenvalue weighted by atomic mass is 10.1. The standard InChI is InChI=1S/C14H16N2O3S/c17-9-11-6-12(8-15-11)20(18,19)16-14-7-13(14)10-4-2-1-3-5-10/h1-6,8,13-17H,7,9H2. The second-order valence-electron chi connectivity index (χ2n) is 5.00. The lowest BCUT2D eigenvalue weighted by Gasteiger charge is -2.04. The predicted molar refractivity (Wildman–Crippen MR) is 74.6 cm³/mol. The molecule has 106 valence electrons. The van der Waals surface area contributed by atoms with Crippen LogP contribution in [-0.4, -0.2) is 24.6 Å². The van der Waals surface area contributed by atoms with Crippen molar-refractivity contribution in [2.45, 2.75) is 29.9 Å². The van der Waals surface area contributed by atoms with Crippen molar-refractivity contribution in [2.75, 3.05) is 0 Å².